The fourth-order valence-electron chi connectivity index (χ4n) is 2.20. The maximum absolute atomic E-state index is 12.0. The zero-order chi connectivity index (χ0) is 19.4. The highest BCUT2D eigenvalue weighted by molar-refractivity contribution is 9.10. The van der Waals surface area contributed by atoms with Gasteiger partial charge >= 0.3 is 0 Å². The number of amides is 1. The van der Waals surface area contributed by atoms with Crippen LogP contribution in [0.3, 0.4) is 0 Å². The Morgan fingerprint density at radius 3 is 2.59 bits per heavy atom. The van der Waals surface area contributed by atoms with Gasteiger partial charge in [0.05, 0.1) is 16.2 Å². The quantitative estimate of drug-likeness (QED) is 0.336. The summed E-state index contributed by atoms with van der Waals surface area (Å²) in [7, 11) is 0. The van der Waals surface area contributed by atoms with Crippen molar-refractivity contribution in [1.29, 1.82) is 0 Å². The van der Waals surface area contributed by atoms with Crippen molar-refractivity contribution >= 4 is 45.3 Å². The average molecular weight is 449 g/mol. The van der Waals surface area contributed by atoms with E-state index in [-0.39, 0.29) is 16.6 Å². The Hall–Kier alpha value is -2.97. The van der Waals surface area contributed by atoms with E-state index in [0.717, 1.165) is 4.47 Å². The molecule has 2 aromatic carbocycles. The number of halogens is 2. The summed E-state index contributed by atoms with van der Waals surface area (Å²) < 4.78 is 6.46. The van der Waals surface area contributed by atoms with E-state index in [9.17, 15) is 14.9 Å². The Balaban J connectivity index is 1.69. The third-order valence-corrected chi connectivity index (χ3v) is 4.36. The fraction of sp³-hybridized carbons (Fsp3) is 0. The van der Waals surface area contributed by atoms with Gasteiger partial charge in [-0.2, -0.15) is 5.10 Å². The molecule has 0 atom stereocenters. The lowest BCUT2D eigenvalue weighted by Crippen LogP contribution is -2.17. The van der Waals surface area contributed by atoms with E-state index in [1.165, 1.54) is 24.4 Å². The lowest BCUT2D eigenvalue weighted by molar-refractivity contribution is -0.384. The molecule has 1 amide bonds. The van der Waals surface area contributed by atoms with Gasteiger partial charge in [0.2, 0.25) is 0 Å². The van der Waals surface area contributed by atoms with Crippen molar-refractivity contribution in [3.8, 4) is 11.3 Å². The van der Waals surface area contributed by atoms with Crippen molar-refractivity contribution in [2.75, 3.05) is 0 Å². The molecule has 7 nitrogen and oxygen atoms in total. The second kappa shape index (κ2) is 8.15. The van der Waals surface area contributed by atoms with Crippen LogP contribution in [0.4, 0.5) is 5.69 Å². The van der Waals surface area contributed by atoms with Crippen LogP contribution in [0.25, 0.3) is 11.3 Å². The molecule has 3 aromatic rings. The summed E-state index contributed by atoms with van der Waals surface area (Å²) in [5.74, 6) is 0.454. The summed E-state index contributed by atoms with van der Waals surface area (Å²) in [6.45, 7) is 0. The predicted octanol–water partition coefficient (Wildman–Crippen LogP) is 5.03. The third-order valence-electron chi connectivity index (χ3n) is 3.52. The van der Waals surface area contributed by atoms with Crippen LogP contribution in [0.5, 0.6) is 0 Å². The van der Waals surface area contributed by atoms with Gasteiger partial charge in [0.15, 0.2) is 0 Å². The van der Waals surface area contributed by atoms with Crippen LogP contribution in [-0.2, 0) is 0 Å². The molecule has 1 aromatic heterocycles. The van der Waals surface area contributed by atoms with E-state index < -0.39 is 4.92 Å². The predicted molar refractivity (Wildman–Crippen MR) is 105 cm³/mol. The number of nitro benzene ring substituents is 1. The molecule has 0 bridgehead atoms. The number of carbonyl (C=O) groups is 1. The molecule has 3 rings (SSSR count). The lowest BCUT2D eigenvalue weighted by Gasteiger charge is -2.00. The van der Waals surface area contributed by atoms with E-state index in [1.807, 2.05) is 0 Å². The number of rotatable bonds is 5. The van der Waals surface area contributed by atoms with Crippen molar-refractivity contribution in [2.24, 2.45) is 5.10 Å². The number of hydrogen-bond acceptors (Lipinski definition) is 5. The fourth-order valence-corrected chi connectivity index (χ4v) is 2.74. The van der Waals surface area contributed by atoms with Gasteiger partial charge in [-0.1, -0.05) is 27.5 Å². The Morgan fingerprint density at radius 2 is 1.93 bits per heavy atom. The average Bonchev–Trinajstić information content (AvgIpc) is 3.10. The molecule has 136 valence electrons. The van der Waals surface area contributed by atoms with Crippen LogP contribution < -0.4 is 5.43 Å². The zero-order valence-electron chi connectivity index (χ0n) is 13.6. The summed E-state index contributed by atoms with van der Waals surface area (Å²) in [6.07, 6.45) is 1.35. The minimum atomic E-state index is -0.524. The normalized spacial score (nSPS) is 10.9. The monoisotopic (exact) mass is 447 g/mol. The summed E-state index contributed by atoms with van der Waals surface area (Å²) in [5, 5.41) is 14.8. The third kappa shape index (κ3) is 4.60. The molecule has 0 aliphatic rings. The second-order valence-corrected chi connectivity index (χ2v) is 6.65. The Morgan fingerprint density at radius 1 is 1.19 bits per heavy atom. The van der Waals surface area contributed by atoms with E-state index in [0.29, 0.717) is 22.6 Å². The van der Waals surface area contributed by atoms with Crippen LogP contribution in [0.1, 0.15) is 16.1 Å². The number of benzene rings is 2. The number of hydrogen-bond donors (Lipinski definition) is 1. The topological polar surface area (TPSA) is 97.7 Å². The molecular weight excluding hydrogens is 438 g/mol. The molecule has 0 aliphatic carbocycles. The first-order chi connectivity index (χ1) is 12.9. The Bertz CT molecular complexity index is 1030. The van der Waals surface area contributed by atoms with E-state index in [4.69, 9.17) is 16.0 Å². The van der Waals surface area contributed by atoms with Crippen LogP contribution in [0.15, 0.2) is 68.6 Å². The maximum Gasteiger partial charge on any atom is 0.271 e. The van der Waals surface area contributed by atoms with E-state index in [2.05, 4.69) is 26.5 Å². The molecule has 1 N–H and O–H groups in total. The van der Waals surface area contributed by atoms with Crippen molar-refractivity contribution in [3.63, 3.8) is 0 Å². The van der Waals surface area contributed by atoms with Gasteiger partial charge in [-0.05, 0) is 42.5 Å². The summed E-state index contributed by atoms with van der Waals surface area (Å²) in [5.41, 5.74) is 3.28. The van der Waals surface area contributed by atoms with Crippen molar-refractivity contribution in [2.45, 2.75) is 0 Å². The Kier molecular flexibility index (Phi) is 5.68. The molecule has 0 radical (unpaired) electrons. The number of hydrazone groups is 1. The highest BCUT2D eigenvalue weighted by Gasteiger charge is 2.13. The number of furan rings is 1. The Labute approximate surface area is 166 Å². The van der Waals surface area contributed by atoms with Crippen LogP contribution >= 0.6 is 27.5 Å². The molecule has 0 spiro atoms. The van der Waals surface area contributed by atoms with Crippen molar-refractivity contribution in [1.82, 2.24) is 5.43 Å². The molecule has 0 fully saturated rings. The van der Waals surface area contributed by atoms with Crippen LogP contribution in [0, 0.1) is 10.1 Å². The van der Waals surface area contributed by atoms with Gasteiger partial charge in [-0.15, -0.1) is 0 Å². The molecule has 0 unspecified atom stereocenters. The number of nitrogens with zero attached hydrogens (tertiary/aromatic N) is 2. The van der Waals surface area contributed by atoms with E-state index >= 15 is 0 Å². The SMILES string of the molecule is O=C(N/N=C\c1ccc(-c2ccc([N+](=O)[O-])cc2Cl)o1)c1ccc(Br)cc1. The number of carbonyl (C=O) groups excluding carboxylic acids is 1. The minimum absolute atomic E-state index is 0.104. The molecule has 0 saturated heterocycles. The number of nitro groups is 1. The molecule has 1 heterocycles. The van der Waals surface area contributed by atoms with Crippen LogP contribution in [-0.4, -0.2) is 17.0 Å². The smallest absolute Gasteiger partial charge is 0.271 e. The second-order valence-electron chi connectivity index (χ2n) is 5.33. The highest BCUT2D eigenvalue weighted by Crippen LogP contribution is 2.32. The van der Waals surface area contributed by atoms with Gasteiger partial charge in [-0.3, -0.25) is 14.9 Å². The molecule has 0 saturated carbocycles. The largest absolute Gasteiger partial charge is 0.455 e. The van der Waals surface area contributed by atoms with Gasteiger partial charge in [0, 0.05) is 27.7 Å². The minimum Gasteiger partial charge on any atom is -0.455 e. The first kappa shape index (κ1) is 18.8. The lowest BCUT2D eigenvalue weighted by atomic mass is 10.1. The number of nitrogens with one attached hydrogen (secondary N) is 1. The number of non-ortho nitro benzene ring substituents is 1. The van der Waals surface area contributed by atoms with Gasteiger partial charge in [0.25, 0.3) is 11.6 Å². The molecule has 27 heavy (non-hydrogen) atoms. The molecule has 0 aliphatic heterocycles. The van der Waals surface area contributed by atoms with Gasteiger partial charge in [0.1, 0.15) is 11.5 Å². The van der Waals surface area contributed by atoms with Crippen LogP contribution in [0.2, 0.25) is 5.02 Å². The standard InChI is InChI=1S/C18H11BrClN3O4/c19-12-3-1-11(2-4-12)18(24)22-21-10-14-6-8-17(27-14)15-7-5-13(23(25)26)9-16(15)20/h1-10H,(H,22,24)/b21-10-. The molecule has 9 heteroatoms. The summed E-state index contributed by atoms with van der Waals surface area (Å²) in [4.78, 5) is 22.2. The zero-order valence-corrected chi connectivity index (χ0v) is 15.9. The van der Waals surface area contributed by atoms with Crippen molar-refractivity contribution < 1.29 is 14.1 Å². The van der Waals surface area contributed by atoms with Gasteiger partial charge in [-0.25, -0.2) is 5.43 Å². The molecular formula is C18H11BrClN3O4. The summed E-state index contributed by atoms with van der Waals surface area (Å²) in [6, 6.07) is 14.2. The highest BCUT2D eigenvalue weighted by atomic mass is 79.9. The first-order valence-corrected chi connectivity index (χ1v) is 8.74. The first-order valence-electron chi connectivity index (χ1n) is 7.57. The summed E-state index contributed by atoms with van der Waals surface area (Å²) >= 11 is 9.38. The van der Waals surface area contributed by atoms with Crippen molar-refractivity contribution in [3.05, 3.63) is 85.5 Å². The van der Waals surface area contributed by atoms with E-state index in [1.54, 1.807) is 36.4 Å². The maximum atomic E-state index is 12.0. The van der Waals surface area contributed by atoms with Gasteiger partial charge < -0.3 is 4.42 Å².